The third-order valence-electron chi connectivity index (χ3n) is 3.99. The minimum atomic E-state index is 0.0798. The van der Waals surface area contributed by atoms with Crippen molar-refractivity contribution in [2.45, 2.75) is 39.5 Å². The molecule has 0 aliphatic rings. The van der Waals surface area contributed by atoms with E-state index in [-0.39, 0.29) is 12.6 Å². The molecule has 0 amide bonds. The van der Waals surface area contributed by atoms with Gasteiger partial charge in [-0.15, -0.1) is 0 Å². The van der Waals surface area contributed by atoms with Crippen molar-refractivity contribution in [2.75, 3.05) is 13.2 Å². The van der Waals surface area contributed by atoms with Crippen molar-refractivity contribution < 1.29 is 14.6 Å². The van der Waals surface area contributed by atoms with Gasteiger partial charge in [0, 0.05) is 22.1 Å². The fourth-order valence-corrected chi connectivity index (χ4v) is 3.15. The molecule has 1 atom stereocenters. The van der Waals surface area contributed by atoms with Crippen LogP contribution in [0, 0.1) is 0 Å². The lowest BCUT2D eigenvalue weighted by Gasteiger charge is -2.18. The summed E-state index contributed by atoms with van der Waals surface area (Å²) in [5.41, 5.74) is 2.05. The second-order valence-electron chi connectivity index (χ2n) is 5.91. The van der Waals surface area contributed by atoms with Gasteiger partial charge in [0.05, 0.1) is 13.2 Å². The lowest BCUT2D eigenvalue weighted by atomic mass is 10.1. The number of hydrogen-bond donors (Lipinski definition) is 2. The van der Waals surface area contributed by atoms with Crippen molar-refractivity contribution in [1.29, 1.82) is 0 Å². The first-order valence-electron chi connectivity index (χ1n) is 8.74. The van der Waals surface area contributed by atoms with Gasteiger partial charge in [-0.2, -0.15) is 0 Å². The number of ether oxygens (including phenoxy) is 2. The Balaban J connectivity index is 2.14. The predicted octanol–water partition coefficient (Wildman–Crippen LogP) is 4.94. The van der Waals surface area contributed by atoms with E-state index in [0.717, 1.165) is 22.0 Å². The van der Waals surface area contributed by atoms with E-state index < -0.39 is 0 Å². The van der Waals surface area contributed by atoms with Gasteiger partial charge in [-0.1, -0.05) is 46.6 Å². The Labute approximate surface area is 168 Å². The van der Waals surface area contributed by atoms with Crippen LogP contribution in [0.1, 0.15) is 31.4 Å². The van der Waals surface area contributed by atoms with Crippen LogP contribution in [0.15, 0.2) is 40.9 Å². The molecule has 2 N–H and O–H groups in total. The minimum absolute atomic E-state index is 0.0798. The number of aliphatic hydroxyl groups excluding tert-OH is 1. The summed E-state index contributed by atoms with van der Waals surface area (Å²) in [4.78, 5) is 0. The summed E-state index contributed by atoms with van der Waals surface area (Å²) in [6, 6.07) is 11.6. The summed E-state index contributed by atoms with van der Waals surface area (Å²) in [5.74, 6) is 1.38. The molecule has 0 aliphatic carbocycles. The quantitative estimate of drug-likeness (QED) is 0.547. The summed E-state index contributed by atoms with van der Waals surface area (Å²) >= 11 is 9.63. The second kappa shape index (κ2) is 10.8. The highest BCUT2D eigenvalue weighted by molar-refractivity contribution is 9.10. The van der Waals surface area contributed by atoms with Gasteiger partial charge < -0.3 is 19.9 Å². The maximum Gasteiger partial charge on any atom is 0.162 e. The Morgan fingerprint density at radius 1 is 1.15 bits per heavy atom. The number of aliphatic hydroxyl groups is 1. The molecule has 142 valence electrons. The molecular weight excluding hydrogens is 418 g/mol. The monoisotopic (exact) mass is 441 g/mol. The fourth-order valence-electron chi connectivity index (χ4n) is 2.47. The van der Waals surface area contributed by atoms with Gasteiger partial charge in [-0.25, -0.2) is 0 Å². The largest absolute Gasteiger partial charge is 0.490 e. The first-order valence-corrected chi connectivity index (χ1v) is 9.91. The van der Waals surface area contributed by atoms with Gasteiger partial charge in [0.2, 0.25) is 0 Å². The topological polar surface area (TPSA) is 50.7 Å². The number of nitrogens with one attached hydrogen (secondary N) is 1. The smallest absolute Gasteiger partial charge is 0.162 e. The lowest BCUT2D eigenvalue weighted by Crippen LogP contribution is -2.31. The summed E-state index contributed by atoms with van der Waals surface area (Å²) in [5, 5.41) is 13.4. The minimum Gasteiger partial charge on any atom is -0.490 e. The first-order chi connectivity index (χ1) is 12.6. The van der Waals surface area contributed by atoms with Crippen LogP contribution < -0.4 is 14.8 Å². The molecule has 2 aromatic carbocycles. The Morgan fingerprint density at radius 3 is 2.58 bits per heavy atom. The molecule has 6 heteroatoms. The molecule has 26 heavy (non-hydrogen) atoms. The van der Waals surface area contributed by atoms with Crippen LogP contribution in [0.5, 0.6) is 11.5 Å². The first kappa shape index (κ1) is 21.0. The summed E-state index contributed by atoms with van der Waals surface area (Å²) in [7, 11) is 0. The van der Waals surface area contributed by atoms with E-state index in [1.165, 1.54) is 0 Å². The third-order valence-corrected chi connectivity index (χ3v) is 4.96. The van der Waals surface area contributed by atoms with Crippen LogP contribution >= 0.6 is 27.5 Å². The second-order valence-corrected chi connectivity index (χ2v) is 7.20. The van der Waals surface area contributed by atoms with Crippen molar-refractivity contribution in [3.63, 3.8) is 0 Å². The molecule has 0 saturated heterocycles. The summed E-state index contributed by atoms with van der Waals surface area (Å²) in [6.07, 6.45) is 0.868. The molecular formula is C20H25BrClNO3. The van der Waals surface area contributed by atoms with E-state index in [0.29, 0.717) is 36.3 Å². The van der Waals surface area contributed by atoms with Crippen molar-refractivity contribution in [1.82, 2.24) is 5.32 Å². The average molecular weight is 443 g/mol. The van der Waals surface area contributed by atoms with Crippen LogP contribution in [-0.2, 0) is 13.2 Å². The van der Waals surface area contributed by atoms with Gasteiger partial charge >= 0.3 is 0 Å². The Hall–Kier alpha value is -1.27. The van der Waals surface area contributed by atoms with Crippen LogP contribution in [0.4, 0.5) is 0 Å². The number of halogens is 2. The summed E-state index contributed by atoms with van der Waals surface area (Å²) < 4.78 is 12.6. The molecule has 4 nitrogen and oxygen atoms in total. The highest BCUT2D eigenvalue weighted by Crippen LogP contribution is 2.34. The van der Waals surface area contributed by atoms with Crippen molar-refractivity contribution >= 4 is 27.5 Å². The highest BCUT2D eigenvalue weighted by atomic mass is 79.9. The zero-order valence-corrected chi connectivity index (χ0v) is 17.4. The maximum atomic E-state index is 9.33. The van der Waals surface area contributed by atoms with E-state index in [2.05, 4.69) is 21.2 Å². The standard InChI is InChI=1S/C20H25BrClNO3/c1-3-17(12-24)23-11-15-9-19(25-4-2)20(10-18(15)21)26-13-14-6-5-7-16(22)8-14/h5-10,17,23-24H,3-4,11-13H2,1-2H3. The van der Waals surface area contributed by atoms with E-state index >= 15 is 0 Å². The third kappa shape index (κ3) is 6.16. The van der Waals surface area contributed by atoms with Crippen molar-refractivity contribution in [3.05, 3.63) is 57.0 Å². The Kier molecular flexibility index (Phi) is 8.72. The number of hydrogen-bond acceptors (Lipinski definition) is 4. The molecule has 0 aromatic heterocycles. The molecule has 0 spiro atoms. The van der Waals surface area contributed by atoms with Crippen molar-refractivity contribution in [3.8, 4) is 11.5 Å². The zero-order valence-electron chi connectivity index (χ0n) is 15.1. The van der Waals surface area contributed by atoms with E-state index in [9.17, 15) is 5.11 Å². The van der Waals surface area contributed by atoms with Gasteiger partial charge in [0.1, 0.15) is 6.61 Å². The van der Waals surface area contributed by atoms with Gasteiger partial charge in [0.25, 0.3) is 0 Å². The van der Waals surface area contributed by atoms with Gasteiger partial charge in [-0.05, 0) is 48.7 Å². The molecule has 0 aliphatic heterocycles. The van der Waals surface area contributed by atoms with Gasteiger partial charge in [-0.3, -0.25) is 0 Å². The molecule has 1 unspecified atom stereocenters. The van der Waals surface area contributed by atoms with Gasteiger partial charge in [0.15, 0.2) is 11.5 Å². The van der Waals surface area contributed by atoms with E-state index in [1.807, 2.05) is 50.2 Å². The molecule has 0 radical (unpaired) electrons. The van der Waals surface area contributed by atoms with Crippen LogP contribution in [-0.4, -0.2) is 24.4 Å². The lowest BCUT2D eigenvalue weighted by molar-refractivity contribution is 0.238. The average Bonchev–Trinajstić information content (AvgIpc) is 2.63. The molecule has 0 fully saturated rings. The molecule has 0 saturated carbocycles. The number of benzene rings is 2. The Morgan fingerprint density at radius 2 is 1.92 bits per heavy atom. The van der Waals surface area contributed by atoms with E-state index in [1.54, 1.807) is 0 Å². The molecule has 0 heterocycles. The molecule has 2 rings (SSSR count). The number of rotatable bonds is 10. The van der Waals surface area contributed by atoms with Crippen molar-refractivity contribution in [2.24, 2.45) is 0 Å². The normalized spacial score (nSPS) is 12.0. The Bertz CT molecular complexity index is 707. The van der Waals surface area contributed by atoms with E-state index in [4.69, 9.17) is 21.1 Å². The van der Waals surface area contributed by atoms with Crippen LogP contribution in [0.3, 0.4) is 0 Å². The summed E-state index contributed by atoms with van der Waals surface area (Å²) in [6.45, 7) is 5.70. The zero-order chi connectivity index (χ0) is 18.9. The SMILES string of the molecule is CCOc1cc(CNC(CC)CO)c(Br)cc1OCc1cccc(Cl)c1. The molecule has 2 aromatic rings. The maximum absolute atomic E-state index is 9.33. The predicted molar refractivity (Wildman–Crippen MR) is 109 cm³/mol. The fraction of sp³-hybridized carbons (Fsp3) is 0.400. The molecule has 0 bridgehead atoms. The van der Waals surface area contributed by atoms with Crippen LogP contribution in [0.2, 0.25) is 5.02 Å². The highest BCUT2D eigenvalue weighted by Gasteiger charge is 2.13. The van der Waals surface area contributed by atoms with Crippen LogP contribution in [0.25, 0.3) is 0 Å².